The predicted molar refractivity (Wildman–Crippen MR) is 103 cm³/mol. The van der Waals surface area contributed by atoms with E-state index in [1.165, 1.54) is 13.2 Å². The Morgan fingerprint density at radius 1 is 1.25 bits per heavy atom. The molecule has 1 atom stereocenters. The zero-order valence-electron chi connectivity index (χ0n) is 16.1. The number of hydrogen-bond donors (Lipinski definition) is 1. The van der Waals surface area contributed by atoms with Gasteiger partial charge in [0.05, 0.1) is 23.7 Å². The summed E-state index contributed by atoms with van der Waals surface area (Å²) in [7, 11) is -2.29. The van der Waals surface area contributed by atoms with E-state index < -0.39 is 16.1 Å². The lowest BCUT2D eigenvalue weighted by Crippen LogP contribution is -2.29. The maximum Gasteiger partial charge on any atom is 0.316 e. The summed E-state index contributed by atoms with van der Waals surface area (Å²) in [5, 5.41) is 7.99. The standard InChI is InChI=1S/C18H22N6O3S/c1-5-24-17(21-22-18(24)27-4)12(2)23-28(25,26)15-8-6-7-14(11-15)16-9-10-19-13(3)20-16/h6-12,23H,5H2,1-4H3/t12-/m1/s1. The molecule has 0 aliphatic carbocycles. The molecule has 2 aromatic heterocycles. The monoisotopic (exact) mass is 402 g/mol. The third-order valence-corrected chi connectivity index (χ3v) is 5.72. The quantitative estimate of drug-likeness (QED) is 0.644. The van der Waals surface area contributed by atoms with Crippen LogP contribution in [0.2, 0.25) is 0 Å². The number of aryl methyl sites for hydroxylation is 1. The summed E-state index contributed by atoms with van der Waals surface area (Å²) in [6.07, 6.45) is 1.64. The molecule has 2 heterocycles. The summed E-state index contributed by atoms with van der Waals surface area (Å²) < 4.78 is 35.3. The maximum absolute atomic E-state index is 12.9. The van der Waals surface area contributed by atoms with Gasteiger partial charge in [-0.05, 0) is 39.0 Å². The van der Waals surface area contributed by atoms with E-state index in [2.05, 4.69) is 24.9 Å². The molecule has 0 amide bonds. The van der Waals surface area contributed by atoms with Crippen LogP contribution in [0.15, 0.2) is 41.4 Å². The van der Waals surface area contributed by atoms with Crippen LogP contribution in [-0.2, 0) is 16.6 Å². The van der Waals surface area contributed by atoms with E-state index >= 15 is 0 Å². The molecule has 0 unspecified atom stereocenters. The number of ether oxygens (including phenoxy) is 1. The van der Waals surface area contributed by atoms with Crippen LogP contribution in [0.25, 0.3) is 11.3 Å². The van der Waals surface area contributed by atoms with Crippen LogP contribution in [0.4, 0.5) is 0 Å². The first-order valence-corrected chi connectivity index (χ1v) is 10.2. The van der Waals surface area contributed by atoms with Crippen LogP contribution in [0, 0.1) is 6.92 Å². The maximum atomic E-state index is 12.9. The normalized spacial score (nSPS) is 12.7. The van der Waals surface area contributed by atoms with Crippen LogP contribution in [0.5, 0.6) is 6.01 Å². The van der Waals surface area contributed by atoms with Crippen LogP contribution in [0.1, 0.15) is 31.5 Å². The lowest BCUT2D eigenvalue weighted by atomic mass is 10.1. The second-order valence-corrected chi connectivity index (χ2v) is 7.86. The lowest BCUT2D eigenvalue weighted by molar-refractivity contribution is 0.354. The lowest BCUT2D eigenvalue weighted by Gasteiger charge is -2.15. The van der Waals surface area contributed by atoms with Crippen molar-refractivity contribution in [2.24, 2.45) is 0 Å². The number of nitrogens with zero attached hydrogens (tertiary/aromatic N) is 5. The molecule has 0 aliphatic heterocycles. The SMILES string of the molecule is CCn1c(OC)nnc1[C@@H](C)NS(=O)(=O)c1cccc(-c2ccnc(C)n2)c1. The number of nitrogens with one attached hydrogen (secondary N) is 1. The minimum atomic E-state index is -3.79. The minimum absolute atomic E-state index is 0.141. The molecule has 10 heteroatoms. The summed E-state index contributed by atoms with van der Waals surface area (Å²) in [5.74, 6) is 1.09. The first-order chi connectivity index (χ1) is 13.4. The number of rotatable bonds is 7. The fraction of sp³-hybridized carbons (Fsp3) is 0.333. The highest BCUT2D eigenvalue weighted by Gasteiger charge is 2.24. The average Bonchev–Trinajstić information content (AvgIpc) is 3.11. The van der Waals surface area contributed by atoms with Gasteiger partial charge in [0, 0.05) is 18.3 Å². The van der Waals surface area contributed by atoms with E-state index in [1.54, 1.807) is 42.8 Å². The third-order valence-electron chi connectivity index (χ3n) is 4.18. The summed E-state index contributed by atoms with van der Waals surface area (Å²) in [6.45, 7) is 5.96. The highest BCUT2D eigenvalue weighted by molar-refractivity contribution is 7.89. The molecule has 1 N–H and O–H groups in total. The fourth-order valence-electron chi connectivity index (χ4n) is 2.86. The van der Waals surface area contributed by atoms with Gasteiger partial charge in [0.25, 0.3) is 0 Å². The van der Waals surface area contributed by atoms with Gasteiger partial charge >= 0.3 is 6.01 Å². The Kier molecular flexibility index (Phi) is 5.71. The van der Waals surface area contributed by atoms with Gasteiger partial charge in [-0.25, -0.2) is 23.1 Å². The van der Waals surface area contributed by atoms with Gasteiger partial charge in [-0.3, -0.25) is 4.57 Å². The number of methoxy groups -OCH3 is 1. The predicted octanol–water partition coefficient (Wildman–Crippen LogP) is 2.11. The molecule has 0 spiro atoms. The number of hydrogen-bond acceptors (Lipinski definition) is 7. The van der Waals surface area contributed by atoms with Gasteiger partial charge in [0.2, 0.25) is 10.0 Å². The molecule has 3 rings (SSSR count). The van der Waals surface area contributed by atoms with E-state index in [0.717, 1.165) is 0 Å². The fourth-order valence-corrected chi connectivity index (χ4v) is 4.11. The Labute approximate surface area is 163 Å². The number of aromatic nitrogens is 5. The van der Waals surface area contributed by atoms with Gasteiger partial charge < -0.3 is 4.74 Å². The molecule has 0 fully saturated rings. The molecule has 28 heavy (non-hydrogen) atoms. The van der Waals surface area contributed by atoms with Crippen molar-refractivity contribution in [3.05, 3.63) is 48.2 Å². The summed E-state index contributed by atoms with van der Waals surface area (Å²) in [5.41, 5.74) is 1.35. The van der Waals surface area contributed by atoms with E-state index in [1.807, 2.05) is 13.0 Å². The summed E-state index contributed by atoms with van der Waals surface area (Å²) in [4.78, 5) is 8.56. The Bertz CT molecular complexity index is 1080. The molecule has 0 bridgehead atoms. The molecule has 3 aromatic rings. The molecule has 0 saturated heterocycles. The molecule has 148 valence electrons. The van der Waals surface area contributed by atoms with Gasteiger partial charge in [0.1, 0.15) is 5.82 Å². The summed E-state index contributed by atoms with van der Waals surface area (Å²) in [6, 6.07) is 8.10. The minimum Gasteiger partial charge on any atom is -0.467 e. The third kappa shape index (κ3) is 4.02. The second-order valence-electron chi connectivity index (χ2n) is 6.15. The van der Waals surface area contributed by atoms with Gasteiger partial charge in [-0.15, -0.1) is 5.10 Å². The number of sulfonamides is 1. The summed E-state index contributed by atoms with van der Waals surface area (Å²) >= 11 is 0. The molecule has 0 radical (unpaired) electrons. The first kappa shape index (κ1) is 19.9. The van der Waals surface area contributed by atoms with E-state index in [4.69, 9.17) is 4.74 Å². The van der Waals surface area contributed by atoms with Gasteiger partial charge in [-0.1, -0.05) is 17.2 Å². The Morgan fingerprint density at radius 3 is 2.71 bits per heavy atom. The zero-order valence-corrected chi connectivity index (χ0v) is 16.9. The topological polar surface area (TPSA) is 112 Å². The molecule has 1 aromatic carbocycles. The van der Waals surface area contributed by atoms with Crippen molar-refractivity contribution in [1.29, 1.82) is 0 Å². The van der Waals surface area contributed by atoms with Crippen molar-refractivity contribution in [1.82, 2.24) is 29.5 Å². The molecular weight excluding hydrogens is 380 g/mol. The molecule has 0 aliphatic rings. The van der Waals surface area contributed by atoms with E-state index in [-0.39, 0.29) is 4.90 Å². The molecule has 0 saturated carbocycles. The first-order valence-electron chi connectivity index (χ1n) is 8.75. The van der Waals surface area contributed by atoms with Crippen LogP contribution < -0.4 is 9.46 Å². The van der Waals surface area contributed by atoms with E-state index in [0.29, 0.717) is 35.5 Å². The van der Waals surface area contributed by atoms with Crippen LogP contribution in [-0.4, -0.2) is 40.3 Å². The van der Waals surface area contributed by atoms with Crippen LogP contribution >= 0.6 is 0 Å². The largest absolute Gasteiger partial charge is 0.467 e. The second kappa shape index (κ2) is 8.03. The average molecular weight is 402 g/mol. The van der Waals surface area contributed by atoms with Crippen LogP contribution in [0.3, 0.4) is 0 Å². The smallest absolute Gasteiger partial charge is 0.316 e. The highest BCUT2D eigenvalue weighted by Crippen LogP contribution is 2.23. The van der Waals surface area contributed by atoms with Crippen molar-refractivity contribution in [3.63, 3.8) is 0 Å². The van der Waals surface area contributed by atoms with Gasteiger partial charge in [0.15, 0.2) is 5.82 Å². The van der Waals surface area contributed by atoms with Crippen molar-refractivity contribution >= 4 is 10.0 Å². The van der Waals surface area contributed by atoms with Gasteiger partial charge in [-0.2, -0.15) is 0 Å². The molecule has 9 nitrogen and oxygen atoms in total. The Hall–Kier alpha value is -2.85. The van der Waals surface area contributed by atoms with Crippen molar-refractivity contribution in [3.8, 4) is 17.3 Å². The Balaban J connectivity index is 1.89. The highest BCUT2D eigenvalue weighted by atomic mass is 32.2. The van der Waals surface area contributed by atoms with Crippen molar-refractivity contribution in [2.45, 2.75) is 38.3 Å². The van der Waals surface area contributed by atoms with Crippen molar-refractivity contribution in [2.75, 3.05) is 7.11 Å². The van der Waals surface area contributed by atoms with Crippen molar-refractivity contribution < 1.29 is 13.2 Å². The van der Waals surface area contributed by atoms with E-state index in [9.17, 15) is 8.42 Å². The zero-order chi connectivity index (χ0) is 20.3. The Morgan fingerprint density at radius 2 is 2.04 bits per heavy atom. The molecular formula is C18H22N6O3S. The number of benzene rings is 1.